The molecule has 1 fully saturated rings. The maximum absolute atomic E-state index is 12.5. The van der Waals surface area contributed by atoms with Gasteiger partial charge in [-0.1, -0.05) is 18.2 Å². The molecular weight excluding hydrogens is 356 g/mol. The molecule has 0 aliphatic carbocycles. The van der Waals surface area contributed by atoms with Crippen LogP contribution in [0.2, 0.25) is 0 Å². The van der Waals surface area contributed by atoms with Crippen molar-refractivity contribution >= 4 is 21.4 Å². The molecule has 0 atom stereocenters. The summed E-state index contributed by atoms with van der Waals surface area (Å²) in [6.45, 7) is 3.50. The summed E-state index contributed by atoms with van der Waals surface area (Å²) in [7, 11) is -2.06. The molecule has 2 heterocycles. The first-order valence-corrected chi connectivity index (χ1v) is 10.8. The molecule has 0 radical (unpaired) electrons. The van der Waals surface area contributed by atoms with Crippen LogP contribution in [0.5, 0.6) is 5.75 Å². The minimum Gasteiger partial charge on any atom is -0.495 e. The Balaban J connectivity index is 1.51. The number of piperidine rings is 1. The van der Waals surface area contributed by atoms with E-state index < -0.39 is 10.0 Å². The van der Waals surface area contributed by atoms with Crippen LogP contribution in [0.1, 0.15) is 17.7 Å². The van der Waals surface area contributed by atoms with Crippen molar-refractivity contribution in [1.82, 2.24) is 9.62 Å². The molecule has 3 rings (SSSR count). The highest BCUT2D eigenvalue weighted by atomic mass is 32.2. The highest BCUT2D eigenvalue weighted by Gasteiger charge is 2.23. The zero-order chi connectivity index (χ0) is 17.7. The van der Waals surface area contributed by atoms with E-state index in [1.54, 1.807) is 35.6 Å². The fraction of sp³-hybridized carbons (Fsp3) is 0.444. The normalized spacial score (nSPS) is 16.8. The molecule has 25 heavy (non-hydrogen) atoms. The molecule has 1 aromatic heterocycles. The van der Waals surface area contributed by atoms with Gasteiger partial charge in [0.05, 0.1) is 7.11 Å². The van der Waals surface area contributed by atoms with Gasteiger partial charge < -0.3 is 4.74 Å². The van der Waals surface area contributed by atoms with Crippen molar-refractivity contribution in [2.75, 3.05) is 26.7 Å². The Bertz CT molecular complexity index is 767. The lowest BCUT2D eigenvalue weighted by atomic mass is 9.97. The van der Waals surface area contributed by atoms with Crippen molar-refractivity contribution in [2.24, 2.45) is 5.92 Å². The monoisotopic (exact) mass is 380 g/mol. The maximum atomic E-state index is 12.5. The summed E-state index contributed by atoms with van der Waals surface area (Å²) >= 11 is 1.79. The van der Waals surface area contributed by atoms with E-state index in [0.29, 0.717) is 18.2 Å². The third kappa shape index (κ3) is 4.82. The van der Waals surface area contributed by atoms with Crippen LogP contribution >= 0.6 is 11.3 Å². The summed E-state index contributed by atoms with van der Waals surface area (Å²) in [6.07, 6.45) is 2.03. The van der Waals surface area contributed by atoms with Gasteiger partial charge in [0.25, 0.3) is 0 Å². The number of nitrogens with one attached hydrogen (secondary N) is 1. The molecule has 1 aliphatic heterocycles. The molecule has 0 bridgehead atoms. The fourth-order valence-corrected chi connectivity index (χ4v) is 5.15. The second-order valence-corrected chi connectivity index (χ2v) is 9.07. The lowest BCUT2D eigenvalue weighted by Gasteiger charge is -2.31. The van der Waals surface area contributed by atoms with Crippen molar-refractivity contribution in [2.45, 2.75) is 24.3 Å². The number of benzene rings is 1. The van der Waals surface area contributed by atoms with Crippen molar-refractivity contribution in [3.8, 4) is 5.75 Å². The van der Waals surface area contributed by atoms with E-state index in [-0.39, 0.29) is 4.90 Å². The van der Waals surface area contributed by atoms with Gasteiger partial charge in [-0.25, -0.2) is 13.1 Å². The summed E-state index contributed by atoms with van der Waals surface area (Å²) in [6, 6.07) is 11.0. The summed E-state index contributed by atoms with van der Waals surface area (Å²) in [5, 5.41) is 2.11. The third-order valence-electron chi connectivity index (χ3n) is 4.59. The van der Waals surface area contributed by atoms with Gasteiger partial charge in [0.15, 0.2) is 0 Å². The Morgan fingerprint density at radius 2 is 1.96 bits per heavy atom. The van der Waals surface area contributed by atoms with E-state index in [2.05, 4.69) is 27.1 Å². The van der Waals surface area contributed by atoms with Crippen molar-refractivity contribution in [3.05, 3.63) is 46.7 Å². The van der Waals surface area contributed by atoms with E-state index in [9.17, 15) is 8.42 Å². The molecule has 1 aromatic carbocycles. The van der Waals surface area contributed by atoms with Crippen molar-refractivity contribution < 1.29 is 13.2 Å². The van der Waals surface area contributed by atoms with Gasteiger partial charge in [-0.15, -0.1) is 11.3 Å². The lowest BCUT2D eigenvalue weighted by Crippen LogP contribution is -2.38. The second-order valence-electron chi connectivity index (χ2n) is 6.30. The summed E-state index contributed by atoms with van der Waals surface area (Å²) < 4.78 is 33.0. The number of hydrogen-bond donors (Lipinski definition) is 1. The van der Waals surface area contributed by atoms with Crippen LogP contribution in [-0.4, -0.2) is 40.1 Å². The van der Waals surface area contributed by atoms with Crippen LogP contribution in [0, 0.1) is 5.92 Å². The second kappa shape index (κ2) is 8.31. The van der Waals surface area contributed by atoms with E-state index in [1.807, 2.05) is 0 Å². The predicted octanol–water partition coefficient (Wildman–Crippen LogP) is 2.95. The van der Waals surface area contributed by atoms with E-state index >= 15 is 0 Å². The number of methoxy groups -OCH3 is 1. The summed E-state index contributed by atoms with van der Waals surface area (Å²) in [4.78, 5) is 4.03. The van der Waals surface area contributed by atoms with Crippen LogP contribution < -0.4 is 9.46 Å². The molecule has 5 nitrogen and oxygen atoms in total. The summed E-state index contributed by atoms with van der Waals surface area (Å²) in [5.41, 5.74) is 0. The largest absolute Gasteiger partial charge is 0.495 e. The number of likely N-dealkylation sites (tertiary alicyclic amines) is 1. The summed E-state index contributed by atoms with van der Waals surface area (Å²) in [5.74, 6) is 0.754. The molecule has 7 heteroatoms. The molecular formula is C18H24N2O3S2. The highest BCUT2D eigenvalue weighted by Crippen LogP contribution is 2.24. The van der Waals surface area contributed by atoms with Gasteiger partial charge >= 0.3 is 0 Å². The van der Waals surface area contributed by atoms with Gasteiger partial charge in [-0.2, -0.15) is 0 Å². The standard InChI is InChI=1S/C18H24N2O3S2/c1-23-17-6-2-3-7-18(17)25(21,22)19-13-15-8-10-20(11-9-15)14-16-5-4-12-24-16/h2-7,12,15,19H,8-11,13-14H2,1H3. The molecule has 1 saturated heterocycles. The Hall–Kier alpha value is -1.41. The number of rotatable bonds is 7. The van der Waals surface area contributed by atoms with E-state index in [0.717, 1.165) is 32.5 Å². The van der Waals surface area contributed by atoms with Crippen molar-refractivity contribution in [3.63, 3.8) is 0 Å². The lowest BCUT2D eigenvalue weighted by molar-refractivity contribution is 0.180. The van der Waals surface area contributed by atoms with Gasteiger partial charge in [0, 0.05) is 18.0 Å². The zero-order valence-corrected chi connectivity index (χ0v) is 16.0. The van der Waals surface area contributed by atoms with Crippen LogP contribution in [0.15, 0.2) is 46.7 Å². The SMILES string of the molecule is COc1ccccc1S(=O)(=O)NCC1CCN(Cc2cccs2)CC1. The number of nitrogens with zero attached hydrogens (tertiary/aromatic N) is 1. The van der Waals surface area contributed by atoms with Crippen LogP contribution in [-0.2, 0) is 16.6 Å². The van der Waals surface area contributed by atoms with Crippen LogP contribution in [0.3, 0.4) is 0 Å². The first-order chi connectivity index (χ1) is 12.1. The minimum atomic E-state index is -3.54. The number of para-hydroxylation sites is 1. The topological polar surface area (TPSA) is 58.6 Å². The number of sulfonamides is 1. The Labute approximate surface area is 153 Å². The number of hydrogen-bond acceptors (Lipinski definition) is 5. The van der Waals surface area contributed by atoms with Crippen LogP contribution in [0.4, 0.5) is 0 Å². The first kappa shape index (κ1) is 18.4. The van der Waals surface area contributed by atoms with Crippen molar-refractivity contribution in [1.29, 1.82) is 0 Å². The van der Waals surface area contributed by atoms with Gasteiger partial charge in [-0.05, 0) is 55.4 Å². The molecule has 0 spiro atoms. The van der Waals surface area contributed by atoms with E-state index in [4.69, 9.17) is 4.74 Å². The fourth-order valence-electron chi connectivity index (χ4n) is 3.12. The molecule has 0 saturated carbocycles. The maximum Gasteiger partial charge on any atom is 0.244 e. The van der Waals surface area contributed by atoms with Crippen LogP contribution in [0.25, 0.3) is 0 Å². The zero-order valence-electron chi connectivity index (χ0n) is 14.3. The Kier molecular flexibility index (Phi) is 6.11. The Morgan fingerprint density at radius 3 is 2.64 bits per heavy atom. The highest BCUT2D eigenvalue weighted by molar-refractivity contribution is 7.89. The van der Waals surface area contributed by atoms with Gasteiger partial charge in [0.2, 0.25) is 10.0 Å². The third-order valence-corrected chi connectivity index (χ3v) is 6.91. The minimum absolute atomic E-state index is 0.202. The molecule has 2 aromatic rings. The molecule has 1 aliphatic rings. The Morgan fingerprint density at radius 1 is 1.20 bits per heavy atom. The number of ether oxygens (including phenoxy) is 1. The smallest absolute Gasteiger partial charge is 0.244 e. The average molecular weight is 381 g/mol. The molecule has 0 amide bonds. The quantitative estimate of drug-likeness (QED) is 0.802. The number of thiophene rings is 1. The molecule has 0 unspecified atom stereocenters. The first-order valence-electron chi connectivity index (χ1n) is 8.46. The van der Waals surface area contributed by atoms with Gasteiger partial charge in [0.1, 0.15) is 10.6 Å². The molecule has 1 N–H and O–H groups in total. The average Bonchev–Trinajstić information content (AvgIpc) is 3.14. The molecule has 136 valence electrons. The predicted molar refractivity (Wildman–Crippen MR) is 101 cm³/mol. The van der Waals surface area contributed by atoms with Gasteiger partial charge in [-0.3, -0.25) is 4.90 Å². The van der Waals surface area contributed by atoms with E-state index in [1.165, 1.54) is 12.0 Å².